The molecule has 3 aromatic rings. The van der Waals surface area contributed by atoms with Crippen molar-refractivity contribution in [3.63, 3.8) is 0 Å². The fourth-order valence-corrected chi connectivity index (χ4v) is 5.32. The summed E-state index contributed by atoms with van der Waals surface area (Å²) in [6.07, 6.45) is 1.71. The Balaban J connectivity index is 0.000000252. The molecule has 1 amide bonds. The molecule has 0 aliphatic carbocycles. The largest absolute Gasteiger partial charge is 0.496 e. The first-order valence-corrected chi connectivity index (χ1v) is 14.8. The SMILES string of the molecule is CCC(=O)Cc1ccc(S(=O)(=O)NC(=O)c2ccccc2OC)cc1.CCCOC1=NCc2ccccc2S1. The van der Waals surface area contributed by atoms with Crippen molar-refractivity contribution in [2.24, 2.45) is 4.99 Å². The van der Waals surface area contributed by atoms with Gasteiger partial charge in [0.15, 0.2) is 0 Å². The van der Waals surface area contributed by atoms with Crippen molar-refractivity contribution in [1.82, 2.24) is 4.72 Å². The van der Waals surface area contributed by atoms with Crippen LogP contribution in [0.15, 0.2) is 87.6 Å². The Kier molecular flexibility index (Phi) is 11.1. The Morgan fingerprint density at radius 2 is 1.67 bits per heavy atom. The minimum atomic E-state index is -4.02. The van der Waals surface area contributed by atoms with Crippen molar-refractivity contribution in [2.45, 2.75) is 49.4 Å². The van der Waals surface area contributed by atoms with Crippen molar-refractivity contribution in [1.29, 1.82) is 0 Å². The molecule has 1 aliphatic rings. The van der Waals surface area contributed by atoms with Crippen LogP contribution in [-0.4, -0.2) is 39.1 Å². The molecule has 0 spiro atoms. The topological polar surface area (TPSA) is 111 Å². The summed E-state index contributed by atoms with van der Waals surface area (Å²) >= 11 is 1.62. The van der Waals surface area contributed by atoms with Gasteiger partial charge in [-0.1, -0.05) is 56.3 Å². The quantitative estimate of drug-likeness (QED) is 0.367. The van der Waals surface area contributed by atoms with E-state index in [0.717, 1.165) is 30.4 Å². The maximum atomic E-state index is 12.4. The summed E-state index contributed by atoms with van der Waals surface area (Å²) < 4.78 is 37.3. The third-order valence-electron chi connectivity index (χ3n) is 5.59. The van der Waals surface area contributed by atoms with Gasteiger partial charge in [0.1, 0.15) is 11.5 Å². The van der Waals surface area contributed by atoms with Crippen LogP contribution in [0.4, 0.5) is 0 Å². The fraction of sp³-hybridized carbons (Fsp3) is 0.276. The molecule has 4 rings (SSSR count). The summed E-state index contributed by atoms with van der Waals surface area (Å²) in [7, 11) is -2.62. The molecular weight excluding hydrogens is 536 g/mol. The van der Waals surface area contributed by atoms with Gasteiger partial charge in [0.25, 0.3) is 21.2 Å². The zero-order valence-corrected chi connectivity index (χ0v) is 23.8. The van der Waals surface area contributed by atoms with Gasteiger partial charge in [0.2, 0.25) is 0 Å². The number of Topliss-reactive ketones (excluding diaryl/α,β-unsaturated/α-hetero) is 1. The Labute approximate surface area is 233 Å². The molecule has 39 heavy (non-hydrogen) atoms. The van der Waals surface area contributed by atoms with Crippen LogP contribution in [0.1, 0.15) is 48.2 Å². The standard InChI is InChI=1S/C18H19NO5S.C11H13NOS/c1-3-14(20)12-13-8-10-15(11-9-13)25(22,23)19-18(21)16-6-4-5-7-17(16)24-2;1-2-7-13-11-12-8-9-5-3-4-6-10(9)14-11/h4-11H,3,12H2,1-2H3,(H,19,21);3-6H,2,7-8H2,1H3. The second-order valence-electron chi connectivity index (χ2n) is 8.49. The first kappa shape index (κ1) is 29.9. The van der Waals surface area contributed by atoms with Gasteiger partial charge in [-0.2, -0.15) is 0 Å². The maximum absolute atomic E-state index is 12.4. The highest BCUT2D eigenvalue weighted by atomic mass is 32.2. The number of aliphatic imine (C=N–C) groups is 1. The number of amides is 1. The number of hydrogen-bond donors (Lipinski definition) is 1. The molecule has 0 aromatic heterocycles. The van der Waals surface area contributed by atoms with Crippen LogP contribution in [0.25, 0.3) is 0 Å². The molecule has 0 atom stereocenters. The molecule has 0 radical (unpaired) electrons. The molecule has 0 fully saturated rings. The second kappa shape index (κ2) is 14.5. The van der Waals surface area contributed by atoms with E-state index < -0.39 is 15.9 Å². The molecule has 3 aromatic carbocycles. The highest BCUT2D eigenvalue weighted by Crippen LogP contribution is 2.29. The van der Waals surface area contributed by atoms with Gasteiger partial charge in [-0.05, 0) is 59.6 Å². The smallest absolute Gasteiger partial charge is 0.268 e. The van der Waals surface area contributed by atoms with Gasteiger partial charge in [0.05, 0.1) is 30.7 Å². The monoisotopic (exact) mass is 568 g/mol. The van der Waals surface area contributed by atoms with E-state index in [1.165, 1.54) is 35.8 Å². The molecular formula is C29H32N2O6S2. The number of benzene rings is 3. The van der Waals surface area contributed by atoms with Gasteiger partial charge >= 0.3 is 0 Å². The number of methoxy groups -OCH3 is 1. The summed E-state index contributed by atoms with van der Waals surface area (Å²) in [4.78, 5) is 29.3. The number of thioether (sulfide) groups is 1. The summed E-state index contributed by atoms with van der Waals surface area (Å²) in [6, 6.07) is 20.5. The number of hydrogen-bond acceptors (Lipinski definition) is 8. The molecule has 0 bridgehead atoms. The molecule has 1 aliphatic heterocycles. The van der Waals surface area contributed by atoms with Crippen LogP contribution in [0.3, 0.4) is 0 Å². The van der Waals surface area contributed by atoms with Crippen LogP contribution in [0, 0.1) is 0 Å². The number of sulfonamides is 1. The molecule has 0 saturated heterocycles. The van der Waals surface area contributed by atoms with Gasteiger partial charge in [-0.15, -0.1) is 0 Å². The summed E-state index contributed by atoms with van der Waals surface area (Å²) in [5.41, 5.74) is 2.14. The lowest BCUT2D eigenvalue weighted by Gasteiger charge is -2.15. The predicted octanol–water partition coefficient (Wildman–Crippen LogP) is 5.41. The predicted molar refractivity (Wildman–Crippen MR) is 153 cm³/mol. The molecule has 0 unspecified atom stereocenters. The Morgan fingerprint density at radius 3 is 2.36 bits per heavy atom. The third kappa shape index (κ3) is 8.69. The fourth-order valence-electron chi connectivity index (χ4n) is 3.48. The van der Waals surface area contributed by atoms with E-state index in [4.69, 9.17) is 9.47 Å². The Bertz CT molecular complexity index is 1420. The van der Waals surface area contributed by atoms with Crippen molar-refractivity contribution < 1.29 is 27.5 Å². The lowest BCUT2D eigenvalue weighted by Crippen LogP contribution is -2.30. The van der Waals surface area contributed by atoms with Crippen LogP contribution >= 0.6 is 11.8 Å². The van der Waals surface area contributed by atoms with Gasteiger partial charge < -0.3 is 9.47 Å². The van der Waals surface area contributed by atoms with Crippen LogP contribution < -0.4 is 9.46 Å². The normalized spacial score (nSPS) is 12.2. The van der Waals surface area contributed by atoms with Crippen LogP contribution in [0.2, 0.25) is 0 Å². The van der Waals surface area contributed by atoms with E-state index in [-0.39, 0.29) is 28.4 Å². The average Bonchev–Trinajstić information content (AvgIpc) is 2.96. The second-order valence-corrected chi connectivity index (χ2v) is 11.2. The number of ketones is 1. The first-order chi connectivity index (χ1) is 18.8. The number of carbonyl (C=O) groups is 2. The minimum Gasteiger partial charge on any atom is -0.496 e. The van der Waals surface area contributed by atoms with Crippen LogP contribution in [-0.2, 0) is 32.5 Å². The molecule has 1 heterocycles. The molecule has 10 heteroatoms. The van der Waals surface area contributed by atoms with Crippen molar-refractivity contribution in [3.05, 3.63) is 89.5 Å². The van der Waals surface area contributed by atoms with Gasteiger partial charge in [0, 0.05) is 17.7 Å². The summed E-state index contributed by atoms with van der Waals surface area (Å²) in [5, 5.41) is 0.811. The van der Waals surface area contributed by atoms with E-state index in [1.807, 2.05) is 10.8 Å². The highest BCUT2D eigenvalue weighted by molar-refractivity contribution is 8.13. The number of fused-ring (bicyclic) bond motifs is 1. The van der Waals surface area contributed by atoms with E-state index in [0.29, 0.717) is 6.42 Å². The van der Waals surface area contributed by atoms with E-state index >= 15 is 0 Å². The van der Waals surface area contributed by atoms with Crippen molar-refractivity contribution in [2.75, 3.05) is 13.7 Å². The summed E-state index contributed by atoms with van der Waals surface area (Å²) in [5.74, 6) is -0.425. The zero-order chi connectivity index (χ0) is 28.3. The number of para-hydroxylation sites is 1. The molecule has 0 saturated carbocycles. The van der Waals surface area contributed by atoms with Crippen molar-refractivity contribution in [3.8, 4) is 5.75 Å². The minimum absolute atomic E-state index is 0.0524. The van der Waals surface area contributed by atoms with E-state index in [9.17, 15) is 18.0 Å². The Morgan fingerprint density at radius 1 is 0.974 bits per heavy atom. The number of nitrogens with one attached hydrogen (secondary N) is 1. The maximum Gasteiger partial charge on any atom is 0.268 e. The molecule has 1 N–H and O–H groups in total. The first-order valence-electron chi connectivity index (χ1n) is 12.5. The third-order valence-corrected chi connectivity index (χ3v) is 7.97. The molecule has 206 valence electrons. The zero-order valence-electron chi connectivity index (χ0n) is 22.2. The number of carbonyl (C=O) groups excluding carboxylic acids is 2. The lowest BCUT2D eigenvalue weighted by molar-refractivity contribution is -0.118. The molecule has 8 nitrogen and oxygen atoms in total. The van der Waals surface area contributed by atoms with E-state index in [2.05, 4.69) is 30.1 Å². The van der Waals surface area contributed by atoms with Crippen molar-refractivity contribution >= 4 is 38.7 Å². The number of rotatable bonds is 9. The van der Waals surface area contributed by atoms with Crippen LogP contribution in [0.5, 0.6) is 5.75 Å². The lowest BCUT2D eigenvalue weighted by atomic mass is 10.1. The number of nitrogens with zero attached hydrogens (tertiary/aromatic N) is 1. The highest BCUT2D eigenvalue weighted by Gasteiger charge is 2.21. The van der Waals surface area contributed by atoms with E-state index in [1.54, 1.807) is 49.0 Å². The summed E-state index contributed by atoms with van der Waals surface area (Å²) in [6.45, 7) is 5.38. The average molecular weight is 569 g/mol. The Hall–Kier alpha value is -3.63. The van der Waals surface area contributed by atoms with Gasteiger partial charge in [-0.3, -0.25) is 9.59 Å². The van der Waals surface area contributed by atoms with Gasteiger partial charge in [-0.25, -0.2) is 18.1 Å². The number of ether oxygens (including phenoxy) is 2.